The Morgan fingerprint density at radius 1 is 1.19 bits per heavy atom. The molecule has 2 aromatic rings. The van der Waals surface area contributed by atoms with Gasteiger partial charge in [0.15, 0.2) is 0 Å². The lowest BCUT2D eigenvalue weighted by molar-refractivity contribution is -0.0979. The van der Waals surface area contributed by atoms with Crippen molar-refractivity contribution >= 4 is 17.6 Å². The first-order valence-electron chi connectivity index (χ1n) is 8.68. The monoisotopic (exact) mass is 356 g/mol. The van der Waals surface area contributed by atoms with Gasteiger partial charge in [-0.1, -0.05) is 61.2 Å². The van der Waals surface area contributed by atoms with Crippen LogP contribution in [0.3, 0.4) is 0 Å². The molecule has 1 saturated heterocycles. The maximum Gasteiger partial charge on any atom is 0.106 e. The van der Waals surface area contributed by atoms with Crippen molar-refractivity contribution in [3.63, 3.8) is 0 Å². The molecular formula is C22H32N2O2. The molecule has 1 unspecified atom stereocenters. The second kappa shape index (κ2) is 15.1. The molecular weight excluding hydrogens is 324 g/mol. The number of carbonyl (C=O) groups excluding carboxylic acids is 1. The Morgan fingerprint density at radius 3 is 2.35 bits per heavy atom. The van der Waals surface area contributed by atoms with Crippen LogP contribution >= 0.6 is 0 Å². The Morgan fingerprint density at radius 2 is 1.81 bits per heavy atom. The molecule has 3 N–H and O–H groups in total. The summed E-state index contributed by atoms with van der Waals surface area (Å²) in [5.41, 5.74) is 3.57. The van der Waals surface area contributed by atoms with Gasteiger partial charge in [0.05, 0.1) is 0 Å². The van der Waals surface area contributed by atoms with Crippen molar-refractivity contribution < 1.29 is 9.90 Å². The van der Waals surface area contributed by atoms with E-state index in [4.69, 9.17) is 9.90 Å². The van der Waals surface area contributed by atoms with Gasteiger partial charge in [-0.2, -0.15) is 0 Å². The second-order valence-corrected chi connectivity index (χ2v) is 5.93. The van der Waals surface area contributed by atoms with Crippen LogP contribution in [0, 0.1) is 12.8 Å². The topological polar surface area (TPSA) is 61.4 Å². The van der Waals surface area contributed by atoms with Gasteiger partial charge < -0.3 is 20.5 Å². The molecule has 0 aromatic heterocycles. The quantitative estimate of drug-likeness (QED) is 0.724. The van der Waals surface area contributed by atoms with Crippen LogP contribution in [0.5, 0.6) is 0 Å². The number of nitrogens with one attached hydrogen (secondary N) is 2. The summed E-state index contributed by atoms with van der Waals surface area (Å²) in [5, 5.41) is 18.0. The Balaban J connectivity index is 0.000000388. The van der Waals surface area contributed by atoms with Crippen molar-refractivity contribution in [2.24, 2.45) is 5.92 Å². The first-order chi connectivity index (χ1) is 12.7. The number of benzene rings is 2. The number of rotatable bonds is 2. The van der Waals surface area contributed by atoms with Gasteiger partial charge in [0.25, 0.3) is 0 Å². The summed E-state index contributed by atoms with van der Waals surface area (Å²) in [6, 6.07) is 15.4. The van der Waals surface area contributed by atoms with E-state index in [1.54, 1.807) is 0 Å². The van der Waals surface area contributed by atoms with Crippen molar-refractivity contribution in [3.8, 4) is 0 Å². The number of aryl methyl sites for hydroxylation is 1. The summed E-state index contributed by atoms with van der Waals surface area (Å²) in [7, 11) is 1.96. The van der Waals surface area contributed by atoms with Crippen molar-refractivity contribution in [1.82, 2.24) is 10.6 Å². The fourth-order valence-electron chi connectivity index (χ4n) is 2.80. The normalized spacial score (nSPS) is 18.0. The van der Waals surface area contributed by atoms with Gasteiger partial charge in [-0.3, -0.25) is 0 Å². The molecule has 0 radical (unpaired) electrons. The van der Waals surface area contributed by atoms with Crippen molar-refractivity contribution in [2.75, 3.05) is 26.7 Å². The highest BCUT2D eigenvalue weighted by molar-refractivity contribution is 5.82. The third-order valence-corrected chi connectivity index (χ3v) is 4.12. The van der Waals surface area contributed by atoms with E-state index in [2.05, 4.69) is 78.9 Å². The molecule has 1 heterocycles. The Hall–Kier alpha value is -2.23. The number of carbonyl (C=O) groups is 1. The third kappa shape index (κ3) is 8.75. The zero-order valence-electron chi connectivity index (χ0n) is 16.0. The number of hydrogen-bond acceptors (Lipinski definition) is 4. The van der Waals surface area contributed by atoms with Crippen LogP contribution in [0.2, 0.25) is 0 Å². The van der Waals surface area contributed by atoms with Gasteiger partial charge in [-0.05, 0) is 37.7 Å². The molecule has 2 atom stereocenters. The minimum Gasteiger partial charge on any atom is -0.396 e. The summed E-state index contributed by atoms with van der Waals surface area (Å²) < 4.78 is 0. The lowest BCUT2D eigenvalue weighted by atomic mass is 9.94. The van der Waals surface area contributed by atoms with Crippen LogP contribution in [0.25, 0.3) is 10.8 Å². The highest BCUT2D eigenvalue weighted by Crippen LogP contribution is 2.14. The van der Waals surface area contributed by atoms with E-state index >= 15 is 0 Å². The Labute approximate surface area is 157 Å². The van der Waals surface area contributed by atoms with Gasteiger partial charge in [0.2, 0.25) is 0 Å². The Bertz CT molecular complexity index is 639. The molecule has 0 saturated carbocycles. The predicted molar refractivity (Wildman–Crippen MR) is 111 cm³/mol. The van der Waals surface area contributed by atoms with Gasteiger partial charge in [-0.25, -0.2) is 0 Å². The van der Waals surface area contributed by atoms with Gasteiger partial charge >= 0.3 is 0 Å². The van der Waals surface area contributed by atoms with Gasteiger partial charge in [-0.15, -0.1) is 5.73 Å². The van der Waals surface area contributed by atoms with Crippen LogP contribution in [-0.2, 0) is 4.79 Å². The fraction of sp³-hybridized carbons (Fsp3) is 0.364. The largest absolute Gasteiger partial charge is 0.396 e. The molecule has 0 amide bonds. The molecule has 4 heteroatoms. The number of piperidine rings is 1. The number of aliphatic hydroxyl groups is 1. The van der Waals surface area contributed by atoms with E-state index < -0.39 is 0 Å². The number of aliphatic hydroxyl groups excluding tert-OH is 1. The summed E-state index contributed by atoms with van der Waals surface area (Å²) in [6.07, 6.45) is 1.13. The minimum absolute atomic E-state index is 0.290. The van der Waals surface area contributed by atoms with Gasteiger partial charge in [0, 0.05) is 25.1 Å². The smallest absolute Gasteiger partial charge is 0.106 e. The molecule has 0 aliphatic carbocycles. The molecule has 1 aliphatic heterocycles. The first kappa shape index (κ1) is 23.8. The van der Waals surface area contributed by atoms with Crippen LogP contribution in [0.15, 0.2) is 61.4 Å². The molecule has 0 spiro atoms. The average Bonchev–Trinajstić information content (AvgIpc) is 2.70. The molecule has 142 valence electrons. The van der Waals surface area contributed by atoms with Crippen LogP contribution in [0.1, 0.15) is 12.0 Å². The summed E-state index contributed by atoms with van der Waals surface area (Å²) in [4.78, 5) is 8.00. The Kier molecular flexibility index (Phi) is 13.8. The summed E-state index contributed by atoms with van der Waals surface area (Å²) in [5.74, 6) is 0.402. The van der Waals surface area contributed by atoms with E-state index in [9.17, 15) is 0 Å². The fourth-order valence-corrected chi connectivity index (χ4v) is 2.80. The lowest BCUT2D eigenvalue weighted by Crippen LogP contribution is -2.47. The zero-order valence-corrected chi connectivity index (χ0v) is 16.0. The van der Waals surface area contributed by atoms with E-state index in [0.29, 0.717) is 18.6 Å². The number of fused-ring (bicyclic) bond motifs is 1. The van der Waals surface area contributed by atoms with E-state index in [-0.39, 0.29) is 0 Å². The molecule has 1 aliphatic rings. The molecule has 0 bridgehead atoms. The van der Waals surface area contributed by atoms with E-state index in [1.807, 2.05) is 13.8 Å². The molecule has 26 heavy (non-hydrogen) atoms. The van der Waals surface area contributed by atoms with Crippen LogP contribution < -0.4 is 10.6 Å². The zero-order chi connectivity index (χ0) is 19.8. The summed E-state index contributed by atoms with van der Waals surface area (Å²) in [6.45, 7) is 12.7. The minimum atomic E-state index is 0.290. The lowest BCUT2D eigenvalue weighted by Gasteiger charge is -2.30. The van der Waals surface area contributed by atoms with Crippen molar-refractivity contribution in [2.45, 2.75) is 19.4 Å². The average molecular weight is 357 g/mol. The maximum atomic E-state index is 8.91. The molecule has 1 fully saturated rings. The maximum absolute atomic E-state index is 8.91. The van der Waals surface area contributed by atoms with E-state index in [1.165, 1.54) is 16.3 Å². The SMILES string of the molecule is C=C=C.C=O.CN[C@@H]1CCNCC1CO.Cc1ccc2ccccc2c1. The highest BCUT2D eigenvalue weighted by Gasteiger charge is 2.21. The van der Waals surface area contributed by atoms with Crippen molar-refractivity contribution in [3.05, 3.63) is 66.9 Å². The molecule has 4 nitrogen and oxygen atoms in total. The molecule has 2 aromatic carbocycles. The van der Waals surface area contributed by atoms with Crippen LogP contribution in [0.4, 0.5) is 0 Å². The predicted octanol–water partition coefficient (Wildman–Crippen LogP) is 3.10. The third-order valence-electron chi connectivity index (χ3n) is 4.12. The van der Waals surface area contributed by atoms with Gasteiger partial charge in [0.1, 0.15) is 6.79 Å². The van der Waals surface area contributed by atoms with Crippen molar-refractivity contribution in [1.29, 1.82) is 0 Å². The number of hydrogen-bond donors (Lipinski definition) is 3. The second-order valence-electron chi connectivity index (χ2n) is 5.93. The van der Waals surface area contributed by atoms with Crippen LogP contribution in [-0.4, -0.2) is 44.7 Å². The summed E-state index contributed by atoms with van der Waals surface area (Å²) >= 11 is 0. The first-order valence-corrected chi connectivity index (χ1v) is 8.68. The highest BCUT2D eigenvalue weighted by atomic mass is 16.3. The molecule has 3 rings (SSSR count). The standard InChI is InChI=1S/C11H10.C7H16N2O.C3H4.CH2O/c1-9-6-7-10-4-2-3-5-11(10)8-9;1-8-7-2-3-9-4-6(7)5-10;1-3-2;1-2/h2-8H,1H3;6-10H,2-5H2,1H3;1-2H2;1H2/t;6?,7-;;/m.1../s1. The van der Waals surface area contributed by atoms with E-state index in [0.717, 1.165) is 19.5 Å².